The van der Waals surface area contributed by atoms with E-state index in [-0.39, 0.29) is 12.3 Å². The molecule has 0 aromatic carbocycles. The van der Waals surface area contributed by atoms with E-state index in [1.807, 2.05) is 18.2 Å². The van der Waals surface area contributed by atoms with Crippen molar-refractivity contribution in [3.63, 3.8) is 0 Å². The standard InChI is InChI=1S/C14H21F3N2OS/c1-10-7-12(11(2)19(10)9-14(15,16)17)13(20)8-18(3)5-6-21-4/h7H,5-6,8-9H2,1-4H3. The molecule has 0 fully saturated rings. The Bertz CT molecular complexity index is 497. The third kappa shape index (κ3) is 5.39. The van der Waals surface area contributed by atoms with Crippen LogP contribution in [0.5, 0.6) is 0 Å². The number of thioether (sulfide) groups is 1. The first-order chi connectivity index (χ1) is 9.65. The minimum Gasteiger partial charge on any atom is -0.339 e. The number of likely N-dealkylation sites (N-methyl/N-ethyl adjacent to an activating group) is 1. The number of halogens is 3. The highest BCUT2D eigenvalue weighted by molar-refractivity contribution is 7.98. The Labute approximate surface area is 127 Å². The molecule has 3 nitrogen and oxygen atoms in total. The lowest BCUT2D eigenvalue weighted by Gasteiger charge is -2.15. The summed E-state index contributed by atoms with van der Waals surface area (Å²) in [7, 11) is 1.84. The first-order valence-electron chi connectivity index (χ1n) is 6.60. The summed E-state index contributed by atoms with van der Waals surface area (Å²) in [6.45, 7) is 3.09. The van der Waals surface area contributed by atoms with Gasteiger partial charge in [-0.05, 0) is 33.2 Å². The molecule has 0 unspecified atom stereocenters. The van der Waals surface area contributed by atoms with Crippen LogP contribution in [0.1, 0.15) is 21.7 Å². The van der Waals surface area contributed by atoms with Gasteiger partial charge in [0.15, 0.2) is 5.78 Å². The number of carbonyl (C=O) groups excluding carboxylic acids is 1. The van der Waals surface area contributed by atoms with Gasteiger partial charge in [0.1, 0.15) is 6.54 Å². The second-order valence-electron chi connectivity index (χ2n) is 5.14. The summed E-state index contributed by atoms with van der Waals surface area (Å²) in [5.41, 5.74) is 1.22. The normalized spacial score (nSPS) is 12.2. The van der Waals surface area contributed by atoms with Gasteiger partial charge in [-0.25, -0.2) is 0 Å². The van der Waals surface area contributed by atoms with Crippen molar-refractivity contribution in [1.82, 2.24) is 9.47 Å². The van der Waals surface area contributed by atoms with E-state index in [0.29, 0.717) is 17.0 Å². The number of hydrogen-bond acceptors (Lipinski definition) is 3. The number of carbonyl (C=O) groups is 1. The molecule has 120 valence electrons. The van der Waals surface area contributed by atoms with Gasteiger partial charge in [0.2, 0.25) is 0 Å². The third-order valence-corrected chi connectivity index (χ3v) is 3.89. The average Bonchev–Trinajstić information content (AvgIpc) is 2.62. The van der Waals surface area contributed by atoms with Crippen LogP contribution in [-0.2, 0) is 6.54 Å². The van der Waals surface area contributed by atoms with Gasteiger partial charge < -0.3 is 4.57 Å². The molecule has 0 aliphatic heterocycles. The van der Waals surface area contributed by atoms with E-state index < -0.39 is 12.7 Å². The monoisotopic (exact) mass is 322 g/mol. The fraction of sp³-hybridized carbons (Fsp3) is 0.643. The lowest BCUT2D eigenvalue weighted by atomic mass is 10.1. The summed E-state index contributed by atoms with van der Waals surface area (Å²) < 4.78 is 38.8. The van der Waals surface area contributed by atoms with E-state index in [1.54, 1.807) is 31.7 Å². The largest absolute Gasteiger partial charge is 0.406 e. The zero-order chi connectivity index (χ0) is 16.2. The molecule has 0 aliphatic carbocycles. The quantitative estimate of drug-likeness (QED) is 0.721. The second-order valence-corrected chi connectivity index (χ2v) is 6.13. The van der Waals surface area contributed by atoms with Crippen LogP contribution in [0.2, 0.25) is 0 Å². The van der Waals surface area contributed by atoms with Crippen LogP contribution in [0.3, 0.4) is 0 Å². The number of rotatable bonds is 7. The van der Waals surface area contributed by atoms with Gasteiger partial charge in [-0.2, -0.15) is 24.9 Å². The smallest absolute Gasteiger partial charge is 0.339 e. The third-order valence-electron chi connectivity index (χ3n) is 3.30. The van der Waals surface area contributed by atoms with Crippen molar-refractivity contribution >= 4 is 17.5 Å². The molecule has 0 saturated carbocycles. The molecular weight excluding hydrogens is 301 g/mol. The lowest BCUT2D eigenvalue weighted by Crippen LogP contribution is -2.28. The number of nitrogens with zero attached hydrogens (tertiary/aromatic N) is 2. The average molecular weight is 322 g/mol. The summed E-state index contributed by atoms with van der Waals surface area (Å²) >= 11 is 1.69. The molecule has 1 aromatic rings. The zero-order valence-corrected chi connectivity index (χ0v) is 13.6. The molecule has 21 heavy (non-hydrogen) atoms. The molecule has 0 bridgehead atoms. The van der Waals surface area contributed by atoms with Crippen molar-refractivity contribution < 1.29 is 18.0 Å². The van der Waals surface area contributed by atoms with E-state index >= 15 is 0 Å². The van der Waals surface area contributed by atoms with Crippen molar-refractivity contribution in [2.75, 3.05) is 32.1 Å². The van der Waals surface area contributed by atoms with Crippen molar-refractivity contribution in [2.45, 2.75) is 26.6 Å². The molecule has 0 saturated heterocycles. The second kappa shape index (κ2) is 7.35. The summed E-state index contributed by atoms with van der Waals surface area (Å²) in [4.78, 5) is 14.1. The van der Waals surface area contributed by atoms with Crippen molar-refractivity contribution in [3.8, 4) is 0 Å². The van der Waals surface area contributed by atoms with Crippen molar-refractivity contribution in [3.05, 3.63) is 23.0 Å². The predicted molar refractivity (Wildman–Crippen MR) is 80.2 cm³/mol. The summed E-state index contributed by atoms with van der Waals surface area (Å²) in [6.07, 6.45) is -2.30. The van der Waals surface area contributed by atoms with Gasteiger partial charge in [0.05, 0.1) is 6.54 Å². The van der Waals surface area contributed by atoms with Crippen molar-refractivity contribution in [2.24, 2.45) is 0 Å². The van der Waals surface area contributed by atoms with Crippen LogP contribution in [0.15, 0.2) is 6.07 Å². The highest BCUT2D eigenvalue weighted by atomic mass is 32.2. The van der Waals surface area contributed by atoms with Crippen LogP contribution < -0.4 is 0 Å². The predicted octanol–water partition coefficient (Wildman–Crippen LogP) is 3.14. The van der Waals surface area contributed by atoms with Crippen LogP contribution >= 0.6 is 11.8 Å². The van der Waals surface area contributed by atoms with E-state index in [1.165, 1.54) is 0 Å². The summed E-state index contributed by atoms with van der Waals surface area (Å²) in [6, 6.07) is 1.55. The Morgan fingerprint density at radius 3 is 2.52 bits per heavy atom. The number of Topliss-reactive ketones (excluding diaryl/α,β-unsaturated/α-hetero) is 1. The van der Waals surface area contributed by atoms with Gasteiger partial charge in [-0.3, -0.25) is 9.69 Å². The maximum absolute atomic E-state index is 12.5. The molecule has 1 heterocycles. The molecule has 0 N–H and O–H groups in total. The molecule has 0 spiro atoms. The highest BCUT2D eigenvalue weighted by Gasteiger charge is 2.30. The van der Waals surface area contributed by atoms with E-state index in [9.17, 15) is 18.0 Å². The zero-order valence-electron chi connectivity index (χ0n) is 12.8. The van der Waals surface area contributed by atoms with E-state index in [0.717, 1.165) is 16.9 Å². The molecule has 0 radical (unpaired) electrons. The Balaban J connectivity index is 2.84. The molecule has 7 heteroatoms. The number of ketones is 1. The Hall–Kier alpha value is -0.950. The molecular formula is C14H21F3N2OS. The molecule has 0 atom stereocenters. The molecule has 1 rings (SSSR count). The fourth-order valence-corrected chi connectivity index (χ4v) is 2.66. The highest BCUT2D eigenvalue weighted by Crippen LogP contribution is 2.23. The van der Waals surface area contributed by atoms with Crippen LogP contribution in [-0.4, -0.2) is 53.6 Å². The van der Waals surface area contributed by atoms with Crippen LogP contribution in [0.4, 0.5) is 13.2 Å². The topological polar surface area (TPSA) is 25.2 Å². The Kier molecular flexibility index (Phi) is 6.34. The van der Waals surface area contributed by atoms with Gasteiger partial charge in [0, 0.05) is 29.2 Å². The Morgan fingerprint density at radius 2 is 2.00 bits per heavy atom. The minimum atomic E-state index is -4.29. The number of alkyl halides is 3. The fourth-order valence-electron chi connectivity index (χ4n) is 2.16. The van der Waals surface area contributed by atoms with Gasteiger partial charge in [-0.1, -0.05) is 0 Å². The number of hydrogen-bond donors (Lipinski definition) is 0. The van der Waals surface area contributed by atoms with Crippen LogP contribution in [0, 0.1) is 13.8 Å². The van der Waals surface area contributed by atoms with Crippen LogP contribution in [0.25, 0.3) is 0 Å². The Morgan fingerprint density at radius 1 is 1.38 bits per heavy atom. The summed E-state index contributed by atoms with van der Waals surface area (Å²) in [5.74, 6) is 0.775. The lowest BCUT2D eigenvalue weighted by molar-refractivity contribution is -0.141. The van der Waals surface area contributed by atoms with Gasteiger partial charge in [0.25, 0.3) is 0 Å². The first kappa shape index (κ1) is 18.1. The first-order valence-corrected chi connectivity index (χ1v) is 7.99. The van der Waals surface area contributed by atoms with E-state index in [2.05, 4.69) is 0 Å². The summed E-state index contributed by atoms with van der Waals surface area (Å²) in [5, 5.41) is 0. The SMILES string of the molecule is CSCCN(C)CC(=O)c1cc(C)n(CC(F)(F)F)c1C. The molecule has 1 aromatic heterocycles. The molecule has 0 aliphatic rings. The van der Waals surface area contributed by atoms with E-state index in [4.69, 9.17) is 0 Å². The van der Waals surface area contributed by atoms with Gasteiger partial charge in [-0.15, -0.1) is 0 Å². The maximum atomic E-state index is 12.5. The number of aromatic nitrogens is 1. The van der Waals surface area contributed by atoms with Gasteiger partial charge >= 0.3 is 6.18 Å². The van der Waals surface area contributed by atoms with Crippen molar-refractivity contribution in [1.29, 1.82) is 0 Å². The molecule has 0 amide bonds. The maximum Gasteiger partial charge on any atom is 0.406 e. The number of aryl methyl sites for hydroxylation is 1. The minimum absolute atomic E-state index is 0.139.